The number of aromatic nitrogens is 2. The van der Waals surface area contributed by atoms with Crippen LogP contribution < -0.4 is 10.5 Å². The average Bonchev–Trinajstić information content (AvgIpc) is 2.55. The zero-order valence-corrected chi connectivity index (χ0v) is 11.0. The van der Waals surface area contributed by atoms with E-state index in [1.165, 1.54) is 0 Å². The van der Waals surface area contributed by atoms with Gasteiger partial charge in [-0.3, -0.25) is 4.98 Å². The highest BCUT2D eigenvalue weighted by molar-refractivity contribution is 5.99. The van der Waals surface area contributed by atoms with Gasteiger partial charge in [-0.15, -0.1) is 0 Å². The van der Waals surface area contributed by atoms with E-state index in [1.54, 1.807) is 24.5 Å². The molecule has 21 heavy (non-hydrogen) atoms. The fourth-order valence-corrected chi connectivity index (χ4v) is 1.99. The van der Waals surface area contributed by atoms with E-state index in [9.17, 15) is 0 Å². The Labute approximate surface area is 120 Å². The van der Waals surface area contributed by atoms with Gasteiger partial charge < -0.3 is 15.7 Å². The van der Waals surface area contributed by atoms with Crippen LogP contribution in [-0.4, -0.2) is 21.0 Å². The lowest BCUT2D eigenvalue weighted by Gasteiger charge is -2.10. The van der Waals surface area contributed by atoms with Crippen molar-refractivity contribution in [3.63, 3.8) is 0 Å². The number of rotatable bonds is 3. The summed E-state index contributed by atoms with van der Waals surface area (Å²) in [7, 11) is 0. The van der Waals surface area contributed by atoms with E-state index in [-0.39, 0.29) is 11.7 Å². The highest BCUT2D eigenvalue weighted by Crippen LogP contribution is 2.29. The Morgan fingerprint density at radius 1 is 1.05 bits per heavy atom. The third-order valence-corrected chi connectivity index (χ3v) is 2.97. The Balaban J connectivity index is 2.08. The van der Waals surface area contributed by atoms with Crippen molar-refractivity contribution in [2.75, 3.05) is 0 Å². The van der Waals surface area contributed by atoms with Crippen LogP contribution in [0.15, 0.2) is 60.0 Å². The van der Waals surface area contributed by atoms with Crippen molar-refractivity contribution in [3.8, 4) is 11.6 Å². The summed E-state index contributed by atoms with van der Waals surface area (Å²) in [6.07, 6.45) is 3.29. The van der Waals surface area contributed by atoms with Gasteiger partial charge in [0, 0.05) is 17.8 Å². The number of nitrogens with two attached hydrogens (primary N) is 1. The van der Waals surface area contributed by atoms with E-state index in [0.29, 0.717) is 11.3 Å². The highest BCUT2D eigenvalue weighted by atomic mass is 16.5. The number of oxime groups is 1. The lowest BCUT2D eigenvalue weighted by atomic mass is 10.2. The fraction of sp³-hybridized carbons (Fsp3) is 0. The first-order chi connectivity index (χ1) is 10.3. The van der Waals surface area contributed by atoms with Gasteiger partial charge in [0.05, 0.1) is 11.1 Å². The first kappa shape index (κ1) is 12.9. The quantitative estimate of drug-likeness (QED) is 0.333. The summed E-state index contributed by atoms with van der Waals surface area (Å²) in [6, 6.07) is 12.6. The summed E-state index contributed by atoms with van der Waals surface area (Å²) in [5, 5.41) is 12.7. The van der Waals surface area contributed by atoms with Gasteiger partial charge in [0.1, 0.15) is 5.75 Å². The molecule has 104 valence electrons. The van der Waals surface area contributed by atoms with E-state index in [2.05, 4.69) is 15.1 Å². The highest BCUT2D eigenvalue weighted by Gasteiger charge is 2.11. The van der Waals surface area contributed by atoms with Gasteiger partial charge in [0.2, 0.25) is 5.88 Å². The number of pyridine rings is 2. The smallest absolute Gasteiger partial charge is 0.230 e. The third kappa shape index (κ3) is 2.46. The van der Waals surface area contributed by atoms with Crippen LogP contribution in [0.1, 0.15) is 5.56 Å². The van der Waals surface area contributed by atoms with Crippen LogP contribution in [0.2, 0.25) is 0 Å². The van der Waals surface area contributed by atoms with Crippen LogP contribution in [0, 0.1) is 0 Å². The normalized spacial score (nSPS) is 11.5. The van der Waals surface area contributed by atoms with Crippen molar-refractivity contribution in [1.29, 1.82) is 0 Å². The van der Waals surface area contributed by atoms with Crippen molar-refractivity contribution in [2.24, 2.45) is 10.9 Å². The third-order valence-electron chi connectivity index (χ3n) is 2.97. The SMILES string of the molecule is N/C(=N/O)c1cccnc1Oc1cccc2ncccc12. The molecular weight excluding hydrogens is 268 g/mol. The molecule has 3 N–H and O–H groups in total. The molecule has 0 aliphatic carbocycles. The van der Waals surface area contributed by atoms with Gasteiger partial charge >= 0.3 is 0 Å². The second-order valence-electron chi connectivity index (χ2n) is 4.27. The van der Waals surface area contributed by atoms with Crippen molar-refractivity contribution < 1.29 is 9.94 Å². The number of amidine groups is 1. The van der Waals surface area contributed by atoms with E-state index in [1.807, 2.05) is 30.3 Å². The lowest BCUT2D eigenvalue weighted by molar-refractivity contribution is 0.318. The van der Waals surface area contributed by atoms with Crippen molar-refractivity contribution in [3.05, 3.63) is 60.4 Å². The minimum Gasteiger partial charge on any atom is -0.438 e. The zero-order chi connectivity index (χ0) is 14.7. The monoisotopic (exact) mass is 280 g/mol. The van der Waals surface area contributed by atoms with Gasteiger partial charge in [-0.2, -0.15) is 0 Å². The predicted molar refractivity (Wildman–Crippen MR) is 78.6 cm³/mol. The van der Waals surface area contributed by atoms with Crippen molar-refractivity contribution in [2.45, 2.75) is 0 Å². The van der Waals surface area contributed by atoms with Crippen molar-refractivity contribution in [1.82, 2.24) is 9.97 Å². The molecule has 0 aliphatic heterocycles. The molecule has 0 spiro atoms. The standard InChI is InChI=1S/C15H12N4O2/c16-14(19-20)11-5-3-9-18-15(11)21-13-7-1-6-12-10(13)4-2-8-17-12/h1-9,20H,(H2,16,19). The van der Waals surface area contributed by atoms with Crippen LogP contribution in [0.5, 0.6) is 11.6 Å². The Morgan fingerprint density at radius 2 is 1.86 bits per heavy atom. The molecule has 2 heterocycles. The molecule has 1 aromatic carbocycles. The first-order valence-corrected chi connectivity index (χ1v) is 6.24. The summed E-state index contributed by atoms with van der Waals surface area (Å²) in [6.45, 7) is 0. The molecule has 0 unspecified atom stereocenters. The molecule has 0 atom stereocenters. The number of benzene rings is 1. The van der Waals surface area contributed by atoms with E-state index in [4.69, 9.17) is 15.7 Å². The van der Waals surface area contributed by atoms with Gasteiger partial charge in [-0.1, -0.05) is 11.2 Å². The minimum absolute atomic E-state index is 0.0588. The zero-order valence-electron chi connectivity index (χ0n) is 11.0. The molecule has 3 aromatic rings. The number of fused-ring (bicyclic) bond motifs is 1. The molecular formula is C15H12N4O2. The van der Waals surface area contributed by atoms with Gasteiger partial charge in [0.25, 0.3) is 0 Å². The van der Waals surface area contributed by atoms with Gasteiger partial charge in [-0.05, 0) is 36.4 Å². The maximum Gasteiger partial charge on any atom is 0.230 e. The molecule has 0 fully saturated rings. The molecule has 0 aliphatic rings. The Morgan fingerprint density at radius 3 is 2.71 bits per heavy atom. The number of ether oxygens (including phenoxy) is 1. The van der Waals surface area contributed by atoms with Crippen LogP contribution >= 0.6 is 0 Å². The second-order valence-corrected chi connectivity index (χ2v) is 4.27. The van der Waals surface area contributed by atoms with E-state index >= 15 is 0 Å². The van der Waals surface area contributed by atoms with Gasteiger partial charge in [-0.25, -0.2) is 4.98 Å². The topological polar surface area (TPSA) is 93.6 Å². The minimum atomic E-state index is -0.0588. The summed E-state index contributed by atoms with van der Waals surface area (Å²) in [5.41, 5.74) is 6.86. The fourth-order valence-electron chi connectivity index (χ4n) is 1.99. The van der Waals surface area contributed by atoms with Crippen LogP contribution in [-0.2, 0) is 0 Å². The maximum absolute atomic E-state index is 8.82. The molecule has 0 amide bonds. The van der Waals surface area contributed by atoms with Crippen LogP contribution in [0.4, 0.5) is 0 Å². The molecule has 3 rings (SSSR count). The molecule has 6 nitrogen and oxygen atoms in total. The average molecular weight is 280 g/mol. The van der Waals surface area contributed by atoms with E-state index < -0.39 is 0 Å². The summed E-state index contributed by atoms with van der Waals surface area (Å²) in [5.74, 6) is 0.812. The summed E-state index contributed by atoms with van der Waals surface area (Å²) in [4.78, 5) is 8.40. The lowest BCUT2D eigenvalue weighted by Crippen LogP contribution is -2.14. The second kappa shape index (κ2) is 5.46. The molecule has 2 aromatic heterocycles. The molecule has 0 saturated heterocycles. The Kier molecular flexibility index (Phi) is 3.34. The number of hydrogen-bond acceptors (Lipinski definition) is 5. The van der Waals surface area contributed by atoms with Crippen LogP contribution in [0.25, 0.3) is 10.9 Å². The molecule has 0 radical (unpaired) electrons. The molecule has 6 heteroatoms. The molecule has 0 bridgehead atoms. The van der Waals surface area contributed by atoms with Crippen LogP contribution in [0.3, 0.4) is 0 Å². The van der Waals surface area contributed by atoms with Crippen molar-refractivity contribution >= 4 is 16.7 Å². The summed E-state index contributed by atoms with van der Waals surface area (Å²) < 4.78 is 5.82. The van der Waals surface area contributed by atoms with Gasteiger partial charge in [0.15, 0.2) is 5.84 Å². The first-order valence-electron chi connectivity index (χ1n) is 6.24. The van der Waals surface area contributed by atoms with E-state index in [0.717, 1.165) is 10.9 Å². The summed E-state index contributed by atoms with van der Waals surface area (Å²) >= 11 is 0. The Hall–Kier alpha value is -3.15. The number of hydrogen-bond donors (Lipinski definition) is 2. The Bertz CT molecular complexity index is 812. The molecule has 0 saturated carbocycles. The number of nitrogens with zero attached hydrogens (tertiary/aromatic N) is 3. The maximum atomic E-state index is 8.82. The largest absolute Gasteiger partial charge is 0.438 e. The predicted octanol–water partition coefficient (Wildman–Crippen LogP) is 2.52.